The Balaban J connectivity index is 1.75. The van der Waals surface area contributed by atoms with Crippen LogP contribution in [0.4, 0.5) is 0 Å². The molecule has 1 aromatic carbocycles. The van der Waals surface area contributed by atoms with Gasteiger partial charge in [-0.3, -0.25) is 10.00 Å². The largest absolute Gasteiger partial charge is 0.497 e. The van der Waals surface area contributed by atoms with Gasteiger partial charge in [0.05, 0.1) is 25.1 Å². The van der Waals surface area contributed by atoms with E-state index in [1.807, 2.05) is 37.4 Å². The SMILES string of the molecule is COc1ccc(-c2[nH]ncc2CN2CCCC2CC(C)O)cc1. The standard InChI is InChI=1S/C18H25N3O2/c1-13(22)10-16-4-3-9-21(16)12-15-11-19-20-18(15)14-5-7-17(23-2)8-6-14/h5-8,11,13,16,22H,3-4,9-10,12H2,1-2H3,(H,19,20). The first kappa shape index (κ1) is 16.0. The Kier molecular flexibility index (Phi) is 4.98. The molecule has 0 bridgehead atoms. The van der Waals surface area contributed by atoms with Gasteiger partial charge < -0.3 is 9.84 Å². The maximum absolute atomic E-state index is 9.68. The molecule has 0 radical (unpaired) electrons. The number of aliphatic hydroxyl groups is 1. The predicted molar refractivity (Wildman–Crippen MR) is 90.3 cm³/mol. The summed E-state index contributed by atoms with van der Waals surface area (Å²) in [6.45, 7) is 3.83. The lowest BCUT2D eigenvalue weighted by Crippen LogP contribution is -2.31. The molecule has 3 rings (SSSR count). The molecular formula is C18H25N3O2. The van der Waals surface area contributed by atoms with E-state index in [0.29, 0.717) is 6.04 Å². The van der Waals surface area contributed by atoms with Gasteiger partial charge in [0.15, 0.2) is 0 Å². The number of hydrogen-bond acceptors (Lipinski definition) is 4. The molecule has 1 fully saturated rings. The highest BCUT2D eigenvalue weighted by Gasteiger charge is 2.26. The summed E-state index contributed by atoms with van der Waals surface area (Å²) in [5.74, 6) is 0.853. The van der Waals surface area contributed by atoms with Crippen molar-refractivity contribution in [2.75, 3.05) is 13.7 Å². The number of ether oxygens (including phenoxy) is 1. The van der Waals surface area contributed by atoms with Crippen molar-refractivity contribution in [1.29, 1.82) is 0 Å². The Morgan fingerprint density at radius 1 is 1.39 bits per heavy atom. The molecule has 0 spiro atoms. The van der Waals surface area contributed by atoms with Crippen LogP contribution in [0, 0.1) is 0 Å². The van der Waals surface area contributed by atoms with Crippen LogP contribution in [-0.4, -0.2) is 46.0 Å². The second kappa shape index (κ2) is 7.15. The zero-order valence-corrected chi connectivity index (χ0v) is 13.8. The molecule has 1 saturated heterocycles. The molecule has 2 heterocycles. The highest BCUT2D eigenvalue weighted by Crippen LogP contribution is 2.28. The molecule has 23 heavy (non-hydrogen) atoms. The van der Waals surface area contributed by atoms with Crippen LogP contribution in [0.3, 0.4) is 0 Å². The third kappa shape index (κ3) is 3.74. The number of nitrogens with zero attached hydrogens (tertiary/aromatic N) is 2. The monoisotopic (exact) mass is 315 g/mol. The minimum atomic E-state index is -0.244. The predicted octanol–water partition coefficient (Wildman–Crippen LogP) is 2.82. The number of methoxy groups -OCH3 is 1. The van der Waals surface area contributed by atoms with E-state index in [2.05, 4.69) is 15.1 Å². The van der Waals surface area contributed by atoms with Gasteiger partial charge in [-0.1, -0.05) is 0 Å². The summed E-state index contributed by atoms with van der Waals surface area (Å²) in [4.78, 5) is 2.46. The first-order valence-electron chi connectivity index (χ1n) is 8.26. The number of aromatic amines is 1. The molecule has 0 saturated carbocycles. The van der Waals surface area contributed by atoms with Crippen molar-refractivity contribution in [1.82, 2.24) is 15.1 Å². The molecule has 5 nitrogen and oxygen atoms in total. The Labute approximate surface area is 137 Å². The van der Waals surface area contributed by atoms with E-state index in [-0.39, 0.29) is 6.10 Å². The number of likely N-dealkylation sites (tertiary alicyclic amines) is 1. The highest BCUT2D eigenvalue weighted by molar-refractivity contribution is 5.63. The molecule has 1 aliphatic rings. The van der Waals surface area contributed by atoms with Gasteiger partial charge in [-0.25, -0.2) is 0 Å². The number of aliphatic hydroxyl groups excluding tert-OH is 1. The van der Waals surface area contributed by atoms with Crippen molar-refractivity contribution in [3.8, 4) is 17.0 Å². The molecule has 124 valence electrons. The van der Waals surface area contributed by atoms with E-state index in [4.69, 9.17) is 4.74 Å². The third-order valence-corrected chi connectivity index (χ3v) is 4.58. The summed E-state index contributed by atoms with van der Waals surface area (Å²) in [5, 5.41) is 17.0. The lowest BCUT2D eigenvalue weighted by atomic mass is 10.1. The van der Waals surface area contributed by atoms with E-state index >= 15 is 0 Å². The Hall–Kier alpha value is -1.85. The number of nitrogens with one attached hydrogen (secondary N) is 1. The van der Waals surface area contributed by atoms with Crippen LogP contribution in [0.2, 0.25) is 0 Å². The molecule has 2 N–H and O–H groups in total. The van der Waals surface area contributed by atoms with Crippen molar-refractivity contribution in [2.45, 2.75) is 44.9 Å². The van der Waals surface area contributed by atoms with Crippen LogP contribution in [0.1, 0.15) is 31.7 Å². The lowest BCUT2D eigenvalue weighted by Gasteiger charge is -2.25. The van der Waals surface area contributed by atoms with Gasteiger partial charge in [0.2, 0.25) is 0 Å². The summed E-state index contributed by atoms with van der Waals surface area (Å²) < 4.78 is 5.22. The Morgan fingerprint density at radius 2 is 2.17 bits per heavy atom. The van der Waals surface area contributed by atoms with Gasteiger partial charge >= 0.3 is 0 Å². The molecule has 5 heteroatoms. The van der Waals surface area contributed by atoms with Crippen LogP contribution in [0.25, 0.3) is 11.3 Å². The zero-order valence-electron chi connectivity index (χ0n) is 13.8. The molecule has 1 aliphatic heterocycles. The van der Waals surface area contributed by atoms with E-state index in [1.165, 1.54) is 18.4 Å². The van der Waals surface area contributed by atoms with E-state index in [1.54, 1.807) is 7.11 Å². The molecule has 1 aromatic heterocycles. The maximum Gasteiger partial charge on any atom is 0.118 e. The van der Waals surface area contributed by atoms with Crippen molar-refractivity contribution >= 4 is 0 Å². The van der Waals surface area contributed by atoms with Gasteiger partial charge in [0, 0.05) is 23.7 Å². The van der Waals surface area contributed by atoms with Crippen LogP contribution in [0.5, 0.6) is 5.75 Å². The molecule has 2 unspecified atom stereocenters. The number of hydrogen-bond donors (Lipinski definition) is 2. The number of rotatable bonds is 6. The van der Waals surface area contributed by atoms with E-state index in [0.717, 1.165) is 36.5 Å². The number of H-pyrrole nitrogens is 1. The maximum atomic E-state index is 9.68. The fraction of sp³-hybridized carbons (Fsp3) is 0.500. The summed E-state index contributed by atoms with van der Waals surface area (Å²) in [6.07, 6.45) is 4.88. The fourth-order valence-electron chi connectivity index (χ4n) is 3.42. The van der Waals surface area contributed by atoms with Crippen molar-refractivity contribution in [3.05, 3.63) is 36.0 Å². The smallest absolute Gasteiger partial charge is 0.118 e. The molecule has 2 atom stereocenters. The fourth-order valence-corrected chi connectivity index (χ4v) is 3.42. The zero-order chi connectivity index (χ0) is 16.2. The summed E-state index contributed by atoms with van der Waals surface area (Å²) in [5.41, 5.74) is 3.38. The summed E-state index contributed by atoms with van der Waals surface area (Å²) in [6, 6.07) is 8.49. The van der Waals surface area contributed by atoms with Crippen LogP contribution < -0.4 is 4.74 Å². The molecule has 2 aromatic rings. The summed E-state index contributed by atoms with van der Waals surface area (Å²) >= 11 is 0. The van der Waals surface area contributed by atoms with Crippen LogP contribution in [0.15, 0.2) is 30.5 Å². The van der Waals surface area contributed by atoms with Crippen molar-refractivity contribution < 1.29 is 9.84 Å². The van der Waals surface area contributed by atoms with E-state index in [9.17, 15) is 5.11 Å². The Morgan fingerprint density at radius 3 is 2.87 bits per heavy atom. The van der Waals surface area contributed by atoms with Gasteiger partial charge in [-0.05, 0) is 57.0 Å². The minimum Gasteiger partial charge on any atom is -0.497 e. The number of aromatic nitrogens is 2. The van der Waals surface area contributed by atoms with Crippen LogP contribution in [-0.2, 0) is 6.54 Å². The Bertz CT molecular complexity index is 621. The van der Waals surface area contributed by atoms with Crippen LogP contribution >= 0.6 is 0 Å². The minimum absolute atomic E-state index is 0.244. The second-order valence-electron chi connectivity index (χ2n) is 6.35. The second-order valence-corrected chi connectivity index (χ2v) is 6.35. The lowest BCUT2D eigenvalue weighted by molar-refractivity contribution is 0.131. The van der Waals surface area contributed by atoms with Gasteiger partial charge in [-0.2, -0.15) is 5.10 Å². The highest BCUT2D eigenvalue weighted by atomic mass is 16.5. The summed E-state index contributed by atoms with van der Waals surface area (Å²) in [7, 11) is 1.67. The van der Waals surface area contributed by atoms with Gasteiger partial charge in [0.25, 0.3) is 0 Å². The first-order valence-corrected chi connectivity index (χ1v) is 8.26. The topological polar surface area (TPSA) is 61.4 Å². The van der Waals surface area contributed by atoms with Crippen molar-refractivity contribution in [2.24, 2.45) is 0 Å². The first-order chi connectivity index (χ1) is 11.2. The number of benzene rings is 1. The molecule has 0 amide bonds. The van der Waals surface area contributed by atoms with Gasteiger partial charge in [-0.15, -0.1) is 0 Å². The van der Waals surface area contributed by atoms with Crippen molar-refractivity contribution in [3.63, 3.8) is 0 Å². The average molecular weight is 315 g/mol. The molecular weight excluding hydrogens is 290 g/mol. The van der Waals surface area contributed by atoms with E-state index < -0.39 is 0 Å². The molecule has 0 aliphatic carbocycles. The quantitative estimate of drug-likeness (QED) is 0.860. The average Bonchev–Trinajstić information content (AvgIpc) is 3.17. The normalized spacial score (nSPS) is 19.9. The van der Waals surface area contributed by atoms with Gasteiger partial charge in [0.1, 0.15) is 5.75 Å². The third-order valence-electron chi connectivity index (χ3n) is 4.58.